The number of nitroso groups, excluding NO2 is 1. The molecule has 5 nitrogen and oxygen atoms in total. The molecule has 0 aromatic rings. The van der Waals surface area contributed by atoms with Crippen LogP contribution in [-0.2, 0) is 0 Å². The van der Waals surface area contributed by atoms with Gasteiger partial charge in [0, 0.05) is 6.04 Å². The summed E-state index contributed by atoms with van der Waals surface area (Å²) in [4.78, 5) is 21.6. The molecule has 1 aliphatic rings. The fourth-order valence-electron chi connectivity index (χ4n) is 1.76. The largest absolute Gasteiger partial charge is 0.340 e. The molecule has 0 saturated heterocycles. The number of nitrogens with one attached hydrogen (secondary N) is 1. The molecule has 2 amide bonds. The summed E-state index contributed by atoms with van der Waals surface area (Å²) >= 11 is 0. The quantitative estimate of drug-likeness (QED) is 0.578. The molecule has 15 heavy (non-hydrogen) atoms. The van der Waals surface area contributed by atoms with Crippen LogP contribution in [0.1, 0.15) is 32.1 Å². The normalized spacial score (nSPS) is 17.1. The molecule has 0 atom stereocenters. The average Bonchev–Trinajstić information content (AvgIpc) is 2.27. The fraction of sp³-hybridized carbons (Fsp3) is 0.889. The lowest BCUT2D eigenvalue weighted by atomic mass is 9.96. The highest BCUT2D eigenvalue weighted by atomic mass is 19.1. The standard InChI is InChI=1S/C9H16FN3O2/c10-6-7-13(12-15)9(14)11-8-4-2-1-3-5-8/h8H,1-7H2,(H,11,14). The maximum Gasteiger partial charge on any atom is 0.340 e. The zero-order chi connectivity index (χ0) is 11.1. The van der Waals surface area contributed by atoms with Crippen molar-refractivity contribution in [3.63, 3.8) is 0 Å². The van der Waals surface area contributed by atoms with E-state index in [2.05, 4.69) is 10.6 Å². The third-order valence-electron chi connectivity index (χ3n) is 2.56. The Morgan fingerprint density at radius 2 is 2.07 bits per heavy atom. The summed E-state index contributed by atoms with van der Waals surface area (Å²) in [5.74, 6) is 0. The van der Waals surface area contributed by atoms with Crippen molar-refractivity contribution in [2.45, 2.75) is 38.1 Å². The summed E-state index contributed by atoms with van der Waals surface area (Å²) in [6, 6.07) is -0.482. The van der Waals surface area contributed by atoms with E-state index in [0.29, 0.717) is 5.01 Å². The number of halogens is 1. The molecular formula is C9H16FN3O2. The van der Waals surface area contributed by atoms with Crippen molar-refractivity contribution in [2.75, 3.05) is 13.2 Å². The number of rotatable bonds is 4. The van der Waals surface area contributed by atoms with Crippen LogP contribution < -0.4 is 5.32 Å². The zero-order valence-electron chi connectivity index (χ0n) is 8.62. The van der Waals surface area contributed by atoms with Crippen molar-refractivity contribution in [1.82, 2.24) is 10.3 Å². The SMILES string of the molecule is O=NN(CCF)C(=O)NC1CCCCC1. The van der Waals surface area contributed by atoms with Crippen molar-refractivity contribution < 1.29 is 9.18 Å². The third kappa shape index (κ3) is 3.81. The predicted molar refractivity (Wildman–Crippen MR) is 53.9 cm³/mol. The van der Waals surface area contributed by atoms with Gasteiger partial charge in [-0.2, -0.15) is 5.01 Å². The highest BCUT2D eigenvalue weighted by molar-refractivity contribution is 5.74. The summed E-state index contributed by atoms with van der Waals surface area (Å²) in [5, 5.41) is 5.75. The van der Waals surface area contributed by atoms with Gasteiger partial charge in [0.1, 0.15) is 6.67 Å². The Balaban J connectivity index is 2.34. The first-order valence-electron chi connectivity index (χ1n) is 5.25. The topological polar surface area (TPSA) is 61.8 Å². The lowest BCUT2D eigenvalue weighted by molar-refractivity contribution is 0.186. The second-order valence-electron chi connectivity index (χ2n) is 3.68. The molecule has 1 fully saturated rings. The van der Waals surface area contributed by atoms with Crippen molar-refractivity contribution in [3.8, 4) is 0 Å². The average molecular weight is 217 g/mol. The highest BCUT2D eigenvalue weighted by Gasteiger charge is 2.19. The predicted octanol–water partition coefficient (Wildman–Crippen LogP) is 1.98. The van der Waals surface area contributed by atoms with Crippen LogP contribution in [-0.4, -0.2) is 30.3 Å². The zero-order valence-corrected chi connectivity index (χ0v) is 8.62. The van der Waals surface area contributed by atoms with Gasteiger partial charge < -0.3 is 5.32 Å². The molecule has 1 aliphatic carbocycles. The Morgan fingerprint density at radius 3 is 2.60 bits per heavy atom. The number of carbonyl (C=O) groups excluding carboxylic acids is 1. The minimum absolute atomic E-state index is 0.107. The molecule has 0 unspecified atom stereocenters. The summed E-state index contributed by atoms with van der Waals surface area (Å²) in [5.41, 5.74) is 0. The molecule has 0 aliphatic heterocycles. The van der Waals surface area contributed by atoms with Crippen molar-refractivity contribution in [2.24, 2.45) is 5.29 Å². The second kappa shape index (κ2) is 6.31. The van der Waals surface area contributed by atoms with Crippen LogP contribution in [0.3, 0.4) is 0 Å². The number of hydrogen-bond donors (Lipinski definition) is 1. The monoisotopic (exact) mass is 217 g/mol. The number of hydrogen-bond acceptors (Lipinski definition) is 3. The lowest BCUT2D eigenvalue weighted by Gasteiger charge is -2.24. The molecular weight excluding hydrogens is 201 g/mol. The Morgan fingerprint density at radius 1 is 1.40 bits per heavy atom. The summed E-state index contributed by atoms with van der Waals surface area (Å²) in [7, 11) is 0. The highest BCUT2D eigenvalue weighted by Crippen LogP contribution is 2.17. The number of alkyl halides is 1. The molecule has 0 spiro atoms. The van der Waals surface area contributed by atoms with Gasteiger partial charge in [-0.15, -0.1) is 4.91 Å². The number of amides is 2. The van der Waals surface area contributed by atoms with Gasteiger partial charge in [0.2, 0.25) is 0 Å². The fourth-order valence-corrected chi connectivity index (χ4v) is 1.76. The maximum absolute atomic E-state index is 11.9. The Bertz CT molecular complexity index is 219. The van der Waals surface area contributed by atoms with E-state index in [-0.39, 0.29) is 12.6 Å². The number of urea groups is 1. The van der Waals surface area contributed by atoms with Gasteiger partial charge in [0.05, 0.1) is 11.8 Å². The van der Waals surface area contributed by atoms with E-state index in [4.69, 9.17) is 0 Å². The van der Waals surface area contributed by atoms with Gasteiger partial charge in [0.25, 0.3) is 0 Å². The Hall–Kier alpha value is -1.20. The van der Waals surface area contributed by atoms with Crippen LogP contribution >= 0.6 is 0 Å². The van der Waals surface area contributed by atoms with Crippen molar-refractivity contribution in [3.05, 3.63) is 4.91 Å². The molecule has 0 heterocycles. The van der Waals surface area contributed by atoms with E-state index in [9.17, 15) is 14.1 Å². The Labute approximate surface area is 88.0 Å². The summed E-state index contributed by atoms with van der Waals surface area (Å²) in [6.45, 7) is -1.04. The minimum atomic E-state index is -0.760. The van der Waals surface area contributed by atoms with E-state index in [1.54, 1.807) is 0 Å². The molecule has 0 bridgehead atoms. The summed E-state index contributed by atoms with van der Waals surface area (Å²) in [6.07, 6.45) is 5.21. The third-order valence-corrected chi connectivity index (χ3v) is 2.56. The van der Waals surface area contributed by atoms with Crippen LogP contribution in [0.5, 0.6) is 0 Å². The minimum Gasteiger partial charge on any atom is -0.334 e. The van der Waals surface area contributed by atoms with Gasteiger partial charge in [-0.1, -0.05) is 19.3 Å². The molecule has 6 heteroatoms. The molecule has 0 aromatic heterocycles. The van der Waals surface area contributed by atoms with E-state index in [0.717, 1.165) is 25.7 Å². The summed E-state index contributed by atoms with van der Waals surface area (Å²) < 4.78 is 11.9. The first-order chi connectivity index (χ1) is 7.27. The molecule has 0 aromatic carbocycles. The lowest BCUT2D eigenvalue weighted by Crippen LogP contribution is -2.43. The smallest absolute Gasteiger partial charge is 0.334 e. The van der Waals surface area contributed by atoms with E-state index < -0.39 is 12.7 Å². The Kier molecular flexibility index (Phi) is 5.00. The van der Waals surface area contributed by atoms with Gasteiger partial charge in [-0.05, 0) is 12.8 Å². The first-order valence-corrected chi connectivity index (χ1v) is 5.25. The van der Waals surface area contributed by atoms with E-state index >= 15 is 0 Å². The van der Waals surface area contributed by atoms with Gasteiger partial charge in [0.15, 0.2) is 0 Å². The maximum atomic E-state index is 11.9. The van der Waals surface area contributed by atoms with Crippen LogP contribution in [0.4, 0.5) is 9.18 Å². The van der Waals surface area contributed by atoms with Crippen LogP contribution in [0, 0.1) is 4.91 Å². The van der Waals surface area contributed by atoms with Crippen LogP contribution in [0.25, 0.3) is 0 Å². The molecule has 1 N–H and O–H groups in total. The van der Waals surface area contributed by atoms with Gasteiger partial charge in [-0.25, -0.2) is 9.18 Å². The van der Waals surface area contributed by atoms with Crippen molar-refractivity contribution >= 4 is 6.03 Å². The van der Waals surface area contributed by atoms with E-state index in [1.807, 2.05) is 0 Å². The molecule has 1 saturated carbocycles. The van der Waals surface area contributed by atoms with Crippen LogP contribution in [0.15, 0.2) is 5.29 Å². The molecule has 1 rings (SSSR count). The van der Waals surface area contributed by atoms with Crippen molar-refractivity contribution in [1.29, 1.82) is 0 Å². The molecule has 86 valence electrons. The number of carbonyl (C=O) groups is 1. The van der Waals surface area contributed by atoms with E-state index in [1.165, 1.54) is 6.42 Å². The first kappa shape index (κ1) is 11.9. The number of nitrogens with zero attached hydrogens (tertiary/aromatic N) is 2. The second-order valence-corrected chi connectivity index (χ2v) is 3.68. The van der Waals surface area contributed by atoms with Crippen LogP contribution in [0.2, 0.25) is 0 Å². The van der Waals surface area contributed by atoms with Gasteiger partial charge in [-0.3, -0.25) is 0 Å². The van der Waals surface area contributed by atoms with Gasteiger partial charge >= 0.3 is 6.03 Å². The molecule has 0 radical (unpaired) electrons.